The Hall–Kier alpha value is -1.86. The minimum atomic E-state index is -0.114. The number of carbonyl (C=O) groups excluding carboxylic acids is 1. The highest BCUT2D eigenvalue weighted by atomic mass is 32.1. The molecule has 0 aliphatic carbocycles. The summed E-state index contributed by atoms with van der Waals surface area (Å²) in [6.45, 7) is 5.61. The molecule has 0 N–H and O–H groups in total. The Balaban J connectivity index is 1.97. The van der Waals surface area contributed by atoms with E-state index in [1.807, 2.05) is 41.9 Å². The van der Waals surface area contributed by atoms with Crippen molar-refractivity contribution < 1.29 is 14.3 Å². The molecular weight excluding hydrogens is 314 g/mol. The Kier molecular flexibility index (Phi) is 4.41. The van der Waals surface area contributed by atoms with Gasteiger partial charge in [0, 0.05) is 24.8 Å². The van der Waals surface area contributed by atoms with Gasteiger partial charge in [-0.1, -0.05) is 0 Å². The van der Waals surface area contributed by atoms with E-state index >= 15 is 0 Å². The van der Waals surface area contributed by atoms with Crippen LogP contribution >= 0.6 is 11.3 Å². The van der Waals surface area contributed by atoms with Gasteiger partial charge in [-0.25, -0.2) is 0 Å². The van der Waals surface area contributed by atoms with Gasteiger partial charge in [0.15, 0.2) is 0 Å². The molecule has 124 valence electrons. The fourth-order valence-corrected chi connectivity index (χ4v) is 3.92. The number of morpholine rings is 1. The fourth-order valence-electron chi connectivity index (χ4n) is 3.10. The first kappa shape index (κ1) is 16.0. The topological polar surface area (TPSA) is 56.6 Å². The van der Waals surface area contributed by atoms with E-state index in [1.165, 1.54) is 11.3 Å². The molecule has 7 heteroatoms. The second-order valence-corrected chi connectivity index (χ2v) is 6.53. The lowest BCUT2D eigenvalue weighted by molar-refractivity contribution is -0.00291. The van der Waals surface area contributed by atoms with Gasteiger partial charge in [-0.15, -0.1) is 11.3 Å². The molecule has 2 aromatic heterocycles. The SMILES string of the molecule is COc1ccsc1C(=O)N1CCOCC1c1c(C)nn(C)c1C. The van der Waals surface area contributed by atoms with Crippen molar-refractivity contribution in [3.63, 3.8) is 0 Å². The number of nitrogens with zero attached hydrogens (tertiary/aromatic N) is 3. The standard InChI is InChI=1S/C16H21N3O3S/c1-10-14(11(2)18(3)17-10)12-9-22-7-6-19(12)16(20)15-13(21-4)5-8-23-15/h5,8,12H,6-7,9H2,1-4H3. The molecule has 3 heterocycles. The van der Waals surface area contributed by atoms with Crippen molar-refractivity contribution in [3.05, 3.63) is 33.3 Å². The van der Waals surface area contributed by atoms with E-state index in [4.69, 9.17) is 9.47 Å². The Morgan fingerprint density at radius 2 is 2.26 bits per heavy atom. The summed E-state index contributed by atoms with van der Waals surface area (Å²) in [6.07, 6.45) is 0. The van der Waals surface area contributed by atoms with Crippen molar-refractivity contribution in [1.29, 1.82) is 0 Å². The van der Waals surface area contributed by atoms with Crippen LogP contribution < -0.4 is 4.74 Å². The van der Waals surface area contributed by atoms with Gasteiger partial charge in [0.05, 0.1) is 32.1 Å². The van der Waals surface area contributed by atoms with E-state index in [0.29, 0.717) is 30.4 Å². The predicted octanol–water partition coefficient (Wildman–Crippen LogP) is 2.32. The van der Waals surface area contributed by atoms with Gasteiger partial charge < -0.3 is 14.4 Å². The normalized spacial score (nSPS) is 18.3. The number of hydrogen-bond acceptors (Lipinski definition) is 5. The van der Waals surface area contributed by atoms with E-state index in [9.17, 15) is 4.79 Å². The van der Waals surface area contributed by atoms with Crippen molar-refractivity contribution in [2.45, 2.75) is 19.9 Å². The van der Waals surface area contributed by atoms with Crippen LogP contribution in [0.15, 0.2) is 11.4 Å². The lowest BCUT2D eigenvalue weighted by Crippen LogP contribution is -2.43. The molecule has 3 rings (SSSR count). The second-order valence-electron chi connectivity index (χ2n) is 5.62. The van der Waals surface area contributed by atoms with Crippen LogP contribution in [0.1, 0.15) is 32.7 Å². The number of carbonyl (C=O) groups is 1. The van der Waals surface area contributed by atoms with Gasteiger partial charge >= 0.3 is 0 Å². The Morgan fingerprint density at radius 1 is 1.48 bits per heavy atom. The molecule has 1 fully saturated rings. The summed E-state index contributed by atoms with van der Waals surface area (Å²) in [7, 11) is 3.51. The first-order valence-corrected chi connectivity index (χ1v) is 8.42. The average Bonchev–Trinajstić information content (AvgIpc) is 3.12. The maximum Gasteiger partial charge on any atom is 0.268 e. The molecule has 1 saturated heterocycles. The first-order valence-electron chi connectivity index (χ1n) is 7.55. The molecule has 6 nitrogen and oxygen atoms in total. The molecule has 1 unspecified atom stereocenters. The number of amides is 1. The first-order chi connectivity index (χ1) is 11.0. The molecule has 1 aliphatic heterocycles. The van der Waals surface area contributed by atoms with E-state index in [0.717, 1.165) is 17.0 Å². The summed E-state index contributed by atoms with van der Waals surface area (Å²) < 4.78 is 12.8. The summed E-state index contributed by atoms with van der Waals surface area (Å²) in [5.41, 5.74) is 3.08. The highest BCUT2D eigenvalue weighted by molar-refractivity contribution is 7.12. The summed E-state index contributed by atoms with van der Waals surface area (Å²) in [5.74, 6) is 0.623. The monoisotopic (exact) mass is 335 g/mol. The predicted molar refractivity (Wildman–Crippen MR) is 88.1 cm³/mol. The van der Waals surface area contributed by atoms with E-state index in [2.05, 4.69) is 5.10 Å². The van der Waals surface area contributed by atoms with Crippen LogP contribution in [0.4, 0.5) is 0 Å². The van der Waals surface area contributed by atoms with Crippen LogP contribution in [0.3, 0.4) is 0 Å². The highest BCUT2D eigenvalue weighted by Gasteiger charge is 2.34. The average molecular weight is 335 g/mol. The quantitative estimate of drug-likeness (QED) is 0.864. The number of thiophene rings is 1. The van der Waals surface area contributed by atoms with Crippen LogP contribution in [0.25, 0.3) is 0 Å². The molecule has 1 atom stereocenters. The summed E-state index contributed by atoms with van der Waals surface area (Å²) in [5, 5.41) is 6.35. The number of rotatable bonds is 3. The smallest absolute Gasteiger partial charge is 0.268 e. The number of ether oxygens (including phenoxy) is 2. The molecule has 2 aromatic rings. The molecule has 1 amide bonds. The van der Waals surface area contributed by atoms with Crippen molar-refractivity contribution >= 4 is 17.2 Å². The molecule has 0 aromatic carbocycles. The van der Waals surface area contributed by atoms with Gasteiger partial charge in [-0.2, -0.15) is 5.10 Å². The van der Waals surface area contributed by atoms with Crippen LogP contribution in [0, 0.1) is 13.8 Å². The van der Waals surface area contributed by atoms with E-state index in [1.54, 1.807) is 7.11 Å². The van der Waals surface area contributed by atoms with Crippen molar-refractivity contribution in [1.82, 2.24) is 14.7 Å². The van der Waals surface area contributed by atoms with Gasteiger partial charge in [0.1, 0.15) is 10.6 Å². The lowest BCUT2D eigenvalue weighted by Gasteiger charge is -2.36. The fraction of sp³-hybridized carbons (Fsp3) is 0.500. The van der Waals surface area contributed by atoms with Gasteiger partial charge in [-0.05, 0) is 25.3 Å². The van der Waals surface area contributed by atoms with Crippen LogP contribution in [-0.4, -0.2) is 47.5 Å². The number of hydrogen-bond donors (Lipinski definition) is 0. The van der Waals surface area contributed by atoms with Crippen molar-refractivity contribution in [3.8, 4) is 5.75 Å². The third-order valence-corrected chi connectivity index (χ3v) is 5.21. The third-order valence-electron chi connectivity index (χ3n) is 4.33. The van der Waals surface area contributed by atoms with Crippen molar-refractivity contribution in [2.24, 2.45) is 7.05 Å². The number of aromatic nitrogens is 2. The van der Waals surface area contributed by atoms with E-state index in [-0.39, 0.29) is 11.9 Å². The zero-order valence-corrected chi connectivity index (χ0v) is 14.6. The minimum Gasteiger partial charge on any atom is -0.495 e. The zero-order chi connectivity index (χ0) is 16.6. The zero-order valence-electron chi connectivity index (χ0n) is 13.8. The molecule has 0 spiro atoms. The van der Waals surface area contributed by atoms with Gasteiger partial charge in [0.25, 0.3) is 5.91 Å². The molecule has 23 heavy (non-hydrogen) atoms. The summed E-state index contributed by atoms with van der Waals surface area (Å²) in [6, 6.07) is 1.71. The number of methoxy groups -OCH3 is 1. The molecular formula is C16H21N3O3S. The molecule has 0 radical (unpaired) electrons. The summed E-state index contributed by atoms with van der Waals surface area (Å²) in [4.78, 5) is 15.5. The third kappa shape index (κ3) is 2.74. The maximum absolute atomic E-state index is 13.0. The molecule has 0 saturated carbocycles. The van der Waals surface area contributed by atoms with E-state index < -0.39 is 0 Å². The number of aryl methyl sites for hydroxylation is 2. The lowest BCUT2D eigenvalue weighted by atomic mass is 10.0. The minimum absolute atomic E-state index is 0.00666. The molecule has 1 aliphatic rings. The van der Waals surface area contributed by atoms with Gasteiger partial charge in [-0.3, -0.25) is 9.48 Å². The maximum atomic E-state index is 13.0. The Bertz CT molecular complexity index is 722. The van der Waals surface area contributed by atoms with Crippen molar-refractivity contribution in [2.75, 3.05) is 26.9 Å². The summed E-state index contributed by atoms with van der Waals surface area (Å²) >= 11 is 1.41. The van der Waals surface area contributed by atoms with Crippen LogP contribution in [-0.2, 0) is 11.8 Å². The van der Waals surface area contributed by atoms with Crippen LogP contribution in [0.5, 0.6) is 5.75 Å². The second kappa shape index (κ2) is 6.33. The van der Waals surface area contributed by atoms with Gasteiger partial charge in [0.2, 0.25) is 0 Å². The molecule has 0 bridgehead atoms. The Morgan fingerprint density at radius 3 is 2.91 bits per heavy atom. The largest absolute Gasteiger partial charge is 0.495 e. The highest BCUT2D eigenvalue weighted by Crippen LogP contribution is 2.33. The van der Waals surface area contributed by atoms with Crippen LogP contribution in [0.2, 0.25) is 0 Å². The Labute approximate surface area is 139 Å².